The first-order valence-corrected chi connectivity index (χ1v) is 24.3. The summed E-state index contributed by atoms with van der Waals surface area (Å²) >= 11 is 0. The van der Waals surface area contributed by atoms with E-state index in [4.69, 9.17) is 0 Å². The van der Waals surface area contributed by atoms with Crippen LogP contribution in [-0.2, 0) is 13.0 Å². The summed E-state index contributed by atoms with van der Waals surface area (Å²) in [6, 6.07) is 0. The average molecular weight is 418 g/mol. The predicted molar refractivity (Wildman–Crippen MR) is 88.4 cm³/mol. The molecule has 20 aliphatic rings. The van der Waals surface area contributed by atoms with E-state index in [9.17, 15) is 0 Å². The second-order valence-electron chi connectivity index (χ2n) is 19.9. The van der Waals surface area contributed by atoms with Crippen molar-refractivity contribution in [1.82, 2.24) is 0 Å². The summed E-state index contributed by atoms with van der Waals surface area (Å²) in [6.45, 7) is -5.87. The number of fused-ring (bicyclic) bond motifs is 20. The van der Waals surface area contributed by atoms with Crippen LogP contribution < -0.4 is 0 Å². The van der Waals surface area contributed by atoms with Gasteiger partial charge in [-0.25, -0.2) is 0 Å². The van der Waals surface area contributed by atoms with Gasteiger partial charge >= 0.3 is 132 Å². The Morgan fingerprint density at radius 1 is 0.385 bits per heavy atom. The molecule has 0 amide bonds. The molecule has 20 aliphatic heterocycles. The summed E-state index contributed by atoms with van der Waals surface area (Å²) in [5.74, 6) is 15.8. The van der Waals surface area contributed by atoms with Gasteiger partial charge in [0.2, 0.25) is 0 Å². The number of hydrogen-bond acceptors (Lipinski definition) is 0. The molecule has 26 heavy (non-hydrogen) atoms. The molecule has 8 atom stereocenters. The first-order chi connectivity index (χ1) is 12.3. The number of rotatable bonds is 0. The Morgan fingerprint density at radius 3 is 0.808 bits per heavy atom. The Hall–Kier alpha value is 0.159. The molecular formula is C24H18Fe2. The topological polar surface area (TPSA) is 0 Å². The van der Waals surface area contributed by atoms with E-state index in [1.54, 1.807) is 0 Å². The Labute approximate surface area is 131 Å². The van der Waals surface area contributed by atoms with Crippen LogP contribution in [0.4, 0.5) is 0 Å². The van der Waals surface area contributed by atoms with E-state index >= 15 is 0 Å². The molecule has 130 valence electrons. The van der Waals surface area contributed by atoms with Crippen molar-refractivity contribution in [3.63, 3.8) is 0 Å². The molecule has 0 radical (unpaired) electrons. The minimum absolute atomic E-state index is 0.808. The average Bonchev–Trinajstić information content (AvgIpc) is 3.53. The van der Waals surface area contributed by atoms with Crippen LogP contribution in [0.5, 0.6) is 0 Å². The third kappa shape index (κ3) is 0.0684. The van der Waals surface area contributed by atoms with Crippen molar-refractivity contribution in [2.24, 2.45) is 0 Å². The van der Waals surface area contributed by atoms with Gasteiger partial charge in [-0.05, 0) is 0 Å². The molecule has 0 nitrogen and oxygen atoms in total. The molecule has 20 rings (SSSR count). The molecule has 20 heterocycles. The van der Waals surface area contributed by atoms with Gasteiger partial charge in [0.25, 0.3) is 0 Å². The van der Waals surface area contributed by atoms with Gasteiger partial charge < -0.3 is 0 Å². The first-order valence-electron chi connectivity index (χ1n) is 11.8. The first kappa shape index (κ1) is 8.12. The molecular weight excluding hydrogens is 400 g/mol. The number of hydrogen-bond donors (Lipinski definition) is 0. The van der Waals surface area contributed by atoms with Gasteiger partial charge in [-0.15, -0.1) is 0 Å². The van der Waals surface area contributed by atoms with Crippen molar-refractivity contribution in [3.8, 4) is 23.7 Å². The van der Waals surface area contributed by atoms with Gasteiger partial charge in [-0.3, -0.25) is 0 Å². The Morgan fingerprint density at radius 2 is 0.654 bits per heavy atom. The van der Waals surface area contributed by atoms with Crippen LogP contribution in [0.25, 0.3) is 0 Å². The second kappa shape index (κ2) is 0.572. The summed E-state index contributed by atoms with van der Waals surface area (Å²) in [7, 11) is 0. The Kier molecular flexibility index (Phi) is 0.179. The molecule has 0 saturated carbocycles. The fourth-order valence-electron chi connectivity index (χ4n) is 33.3. The molecule has 20 saturated heterocycles. The summed E-state index contributed by atoms with van der Waals surface area (Å²) in [6.07, 6.45) is 0. The molecule has 0 N–H and O–H groups in total. The van der Waals surface area contributed by atoms with E-state index in [0.29, 0.717) is 0 Å². The SMILES string of the molecule is C(C#C[C]12[CH]3[CH]4[CH]5[CH]1[Fe]45321678[CH]2[CH]1[CH]6[CH]7[CH]28)#C[C]12[CH]3[CH]4[CH]5[CH]1[Fe]45321678[CH]2[CH]1[CH]6[CH]7[CH]28. The van der Waals surface area contributed by atoms with E-state index in [1.807, 2.05) is 0 Å². The van der Waals surface area contributed by atoms with Gasteiger partial charge in [-0.2, -0.15) is 0 Å². The second-order valence-corrected chi connectivity index (χ2v) is 67.0. The normalized spacial score (nSPS) is 152. The standard InChI is InChI=1S/C14H8.2C5H5.2Fe/c1-2-8-13(7-1)11-5-6-12-14-9-3-4-10-14;2*1-2-4-5-3-1;;/h1-4,7-10H;2*1-5H;;. The maximum atomic E-state index is 4.17. The summed E-state index contributed by atoms with van der Waals surface area (Å²) < 4.78 is 1.62. The van der Waals surface area contributed by atoms with Crippen molar-refractivity contribution in [1.29, 1.82) is 0 Å². The summed E-state index contributed by atoms with van der Waals surface area (Å²) in [5, 5.41) is 0. The van der Waals surface area contributed by atoms with Gasteiger partial charge in [0.05, 0.1) is 0 Å². The molecule has 0 aromatic heterocycles. The summed E-state index contributed by atoms with van der Waals surface area (Å²) in [4.78, 5) is 25.5. The van der Waals surface area contributed by atoms with Crippen LogP contribution in [-0.4, -0.2) is 0 Å². The zero-order valence-electron chi connectivity index (χ0n) is 14.1. The van der Waals surface area contributed by atoms with Crippen LogP contribution >= 0.6 is 0 Å². The molecule has 0 aromatic rings. The van der Waals surface area contributed by atoms with Crippen LogP contribution in [0, 0.1) is 23.7 Å². The predicted octanol–water partition coefficient (Wildman–Crippen LogP) is 6.51. The zero-order valence-corrected chi connectivity index (χ0v) is 16.3. The van der Waals surface area contributed by atoms with E-state index in [2.05, 4.69) is 23.7 Å². The molecule has 2 spiro atoms. The van der Waals surface area contributed by atoms with E-state index in [-0.39, 0.29) is 0 Å². The van der Waals surface area contributed by atoms with E-state index < -0.39 is 13.0 Å². The van der Waals surface area contributed by atoms with Crippen molar-refractivity contribution in [3.05, 3.63) is 0 Å². The van der Waals surface area contributed by atoms with Crippen LogP contribution in [0.1, 0.15) is 0 Å². The zero-order chi connectivity index (χ0) is 14.9. The molecule has 0 bridgehead atoms. The van der Waals surface area contributed by atoms with E-state index in [1.165, 1.54) is 86.7 Å². The van der Waals surface area contributed by atoms with Gasteiger partial charge in [0, 0.05) is 0 Å². The third-order valence-corrected chi connectivity index (χ3v) is 114. The van der Waals surface area contributed by atoms with E-state index in [0.717, 1.165) is 8.63 Å². The molecule has 0 aromatic carbocycles. The Bertz CT molecular complexity index is 1930. The molecule has 0 aliphatic carbocycles. The monoisotopic (exact) mass is 418 g/mol. The van der Waals surface area contributed by atoms with Crippen molar-refractivity contribution >= 4 is 0 Å². The fourth-order valence-corrected chi connectivity index (χ4v) is 179. The summed E-state index contributed by atoms with van der Waals surface area (Å²) in [5.41, 5.74) is 0. The van der Waals surface area contributed by atoms with Crippen LogP contribution in [0.2, 0.25) is 95.3 Å². The molecule has 8 unspecified atom stereocenters. The van der Waals surface area contributed by atoms with Crippen LogP contribution in [0.15, 0.2) is 0 Å². The van der Waals surface area contributed by atoms with Crippen molar-refractivity contribution in [2.45, 2.75) is 95.3 Å². The van der Waals surface area contributed by atoms with Gasteiger partial charge in [0.1, 0.15) is 0 Å². The Balaban J connectivity index is 0.988. The molecule has 2 heteroatoms. The minimum atomic E-state index is -2.93. The molecule has 20 fully saturated rings. The quantitative estimate of drug-likeness (QED) is 0.311. The maximum absolute atomic E-state index is 4.17. The fraction of sp³-hybridized carbons (Fsp3) is 0.833. The van der Waals surface area contributed by atoms with Gasteiger partial charge in [0.15, 0.2) is 0 Å². The van der Waals surface area contributed by atoms with Gasteiger partial charge in [-0.1, -0.05) is 0 Å². The van der Waals surface area contributed by atoms with Crippen molar-refractivity contribution < 1.29 is 13.0 Å². The van der Waals surface area contributed by atoms with Crippen LogP contribution in [0.3, 0.4) is 0 Å². The third-order valence-electron chi connectivity index (χ3n) is 29.9. The van der Waals surface area contributed by atoms with Crippen molar-refractivity contribution in [2.75, 3.05) is 0 Å².